The Morgan fingerprint density at radius 2 is 1.86 bits per heavy atom. The summed E-state index contributed by atoms with van der Waals surface area (Å²) >= 11 is 0. The summed E-state index contributed by atoms with van der Waals surface area (Å²) in [5.41, 5.74) is 1.01. The third-order valence-electron chi connectivity index (χ3n) is 3.03. The van der Waals surface area contributed by atoms with Crippen LogP contribution in [0.3, 0.4) is 0 Å². The molecule has 0 bridgehead atoms. The van der Waals surface area contributed by atoms with Crippen molar-refractivity contribution in [3.05, 3.63) is 35.9 Å². The zero-order valence-corrected chi connectivity index (χ0v) is 13.2. The minimum Gasteiger partial charge on any atom is -0.480 e. The van der Waals surface area contributed by atoms with Crippen LogP contribution < -0.4 is 10.6 Å². The zero-order valence-electron chi connectivity index (χ0n) is 12.3. The van der Waals surface area contributed by atoms with E-state index in [9.17, 15) is 9.59 Å². The first kappa shape index (κ1) is 19.4. The van der Waals surface area contributed by atoms with Gasteiger partial charge in [0.25, 0.3) is 0 Å². The maximum absolute atomic E-state index is 11.9. The standard InChI is InChI=1S/C15H22N2O3.ClH/c1-3-7-13(15(19)20)17-11(2)14(18)16-10-12-8-5-4-6-9-12;/h4-6,8-9,11,13,17H,3,7,10H2,1-2H3,(H,16,18)(H,19,20);1H. The Hall–Kier alpha value is -1.59. The molecule has 0 aliphatic heterocycles. The molecule has 1 amide bonds. The second-order valence-corrected chi connectivity index (χ2v) is 4.77. The number of halogens is 1. The van der Waals surface area contributed by atoms with Gasteiger partial charge in [0.05, 0.1) is 6.04 Å². The van der Waals surface area contributed by atoms with Crippen molar-refractivity contribution in [2.24, 2.45) is 0 Å². The molecular weight excluding hydrogens is 292 g/mol. The van der Waals surface area contributed by atoms with E-state index in [2.05, 4.69) is 10.6 Å². The fourth-order valence-corrected chi connectivity index (χ4v) is 1.88. The Morgan fingerprint density at radius 3 is 2.38 bits per heavy atom. The summed E-state index contributed by atoms with van der Waals surface area (Å²) in [5, 5.41) is 14.7. The van der Waals surface area contributed by atoms with E-state index in [4.69, 9.17) is 5.11 Å². The molecular formula is C15H23ClN2O3. The number of aliphatic carboxylic acids is 1. The molecule has 0 spiro atoms. The van der Waals surface area contributed by atoms with Crippen LogP contribution >= 0.6 is 12.4 Å². The average molecular weight is 315 g/mol. The maximum Gasteiger partial charge on any atom is 0.320 e. The van der Waals surface area contributed by atoms with Crippen LogP contribution in [0.15, 0.2) is 30.3 Å². The van der Waals surface area contributed by atoms with Crippen LogP contribution in [0.4, 0.5) is 0 Å². The Labute approximate surface area is 131 Å². The van der Waals surface area contributed by atoms with Crippen molar-refractivity contribution in [3.63, 3.8) is 0 Å². The van der Waals surface area contributed by atoms with Gasteiger partial charge in [0.1, 0.15) is 6.04 Å². The Kier molecular flexibility index (Phi) is 9.41. The van der Waals surface area contributed by atoms with Gasteiger partial charge < -0.3 is 10.4 Å². The SMILES string of the molecule is CCCC(NC(C)C(=O)NCc1ccccc1)C(=O)O.Cl. The lowest BCUT2D eigenvalue weighted by atomic mass is 10.1. The molecule has 0 saturated carbocycles. The molecule has 6 heteroatoms. The molecule has 0 radical (unpaired) electrons. The Balaban J connectivity index is 0.00000400. The predicted molar refractivity (Wildman–Crippen MR) is 84.5 cm³/mol. The first-order chi connectivity index (χ1) is 9.54. The quantitative estimate of drug-likeness (QED) is 0.685. The lowest BCUT2D eigenvalue weighted by Crippen LogP contribution is -2.49. The van der Waals surface area contributed by atoms with Gasteiger partial charge in [-0.2, -0.15) is 0 Å². The molecule has 1 rings (SSSR count). The topological polar surface area (TPSA) is 78.4 Å². The third kappa shape index (κ3) is 7.11. The highest BCUT2D eigenvalue weighted by Crippen LogP contribution is 2.00. The molecule has 0 aliphatic rings. The molecule has 0 heterocycles. The zero-order chi connectivity index (χ0) is 15.0. The minimum absolute atomic E-state index is 0. The monoisotopic (exact) mass is 314 g/mol. The van der Waals surface area contributed by atoms with E-state index in [0.29, 0.717) is 13.0 Å². The number of carboxylic acids is 1. The van der Waals surface area contributed by atoms with Crippen LogP contribution in [-0.4, -0.2) is 29.1 Å². The van der Waals surface area contributed by atoms with Crippen molar-refractivity contribution in [1.29, 1.82) is 0 Å². The molecule has 0 saturated heterocycles. The first-order valence-corrected chi connectivity index (χ1v) is 6.85. The summed E-state index contributed by atoms with van der Waals surface area (Å²) < 4.78 is 0. The number of hydrogen-bond donors (Lipinski definition) is 3. The van der Waals surface area contributed by atoms with Gasteiger partial charge in [0, 0.05) is 6.54 Å². The largest absolute Gasteiger partial charge is 0.480 e. The van der Waals surface area contributed by atoms with Gasteiger partial charge in [-0.15, -0.1) is 12.4 Å². The summed E-state index contributed by atoms with van der Waals surface area (Å²) in [4.78, 5) is 22.9. The van der Waals surface area contributed by atoms with E-state index in [1.807, 2.05) is 37.3 Å². The first-order valence-electron chi connectivity index (χ1n) is 6.85. The van der Waals surface area contributed by atoms with Crippen LogP contribution in [0.1, 0.15) is 32.3 Å². The number of benzene rings is 1. The maximum atomic E-state index is 11.9. The van der Waals surface area contributed by atoms with Gasteiger partial charge >= 0.3 is 5.97 Å². The summed E-state index contributed by atoms with van der Waals surface area (Å²) in [6.45, 7) is 4.03. The van der Waals surface area contributed by atoms with Crippen molar-refractivity contribution in [2.45, 2.75) is 45.3 Å². The van der Waals surface area contributed by atoms with Crippen LogP contribution in [0, 0.1) is 0 Å². The molecule has 1 aromatic carbocycles. The van der Waals surface area contributed by atoms with Crippen LogP contribution in [0.25, 0.3) is 0 Å². The van der Waals surface area contributed by atoms with Crippen LogP contribution in [-0.2, 0) is 16.1 Å². The molecule has 3 N–H and O–H groups in total. The van der Waals surface area contributed by atoms with Crippen molar-refractivity contribution in [3.8, 4) is 0 Å². The van der Waals surface area contributed by atoms with Gasteiger partial charge in [-0.3, -0.25) is 14.9 Å². The van der Waals surface area contributed by atoms with Gasteiger partial charge in [0.2, 0.25) is 5.91 Å². The average Bonchev–Trinajstić information content (AvgIpc) is 2.45. The number of rotatable bonds is 8. The fraction of sp³-hybridized carbons (Fsp3) is 0.467. The van der Waals surface area contributed by atoms with E-state index < -0.39 is 18.1 Å². The van der Waals surface area contributed by atoms with Crippen LogP contribution in [0.2, 0.25) is 0 Å². The van der Waals surface area contributed by atoms with Crippen molar-refractivity contribution in [2.75, 3.05) is 0 Å². The van der Waals surface area contributed by atoms with Crippen molar-refractivity contribution >= 4 is 24.3 Å². The van der Waals surface area contributed by atoms with E-state index in [1.165, 1.54) is 0 Å². The number of nitrogens with one attached hydrogen (secondary N) is 2. The van der Waals surface area contributed by atoms with Crippen molar-refractivity contribution in [1.82, 2.24) is 10.6 Å². The lowest BCUT2D eigenvalue weighted by Gasteiger charge is -2.19. The van der Waals surface area contributed by atoms with Gasteiger partial charge in [-0.1, -0.05) is 43.7 Å². The number of carboxylic acid groups (broad SMARTS) is 1. The number of carbonyl (C=O) groups is 2. The minimum atomic E-state index is -0.922. The summed E-state index contributed by atoms with van der Waals surface area (Å²) in [5.74, 6) is -1.12. The van der Waals surface area contributed by atoms with Gasteiger partial charge in [-0.25, -0.2) is 0 Å². The summed E-state index contributed by atoms with van der Waals surface area (Å²) in [7, 11) is 0. The van der Waals surface area contributed by atoms with Gasteiger partial charge in [-0.05, 0) is 18.9 Å². The normalized spacial score (nSPS) is 12.9. The number of hydrogen-bond acceptors (Lipinski definition) is 3. The number of carbonyl (C=O) groups excluding carboxylic acids is 1. The highest BCUT2D eigenvalue weighted by atomic mass is 35.5. The van der Waals surface area contributed by atoms with E-state index in [0.717, 1.165) is 12.0 Å². The smallest absolute Gasteiger partial charge is 0.320 e. The summed E-state index contributed by atoms with van der Waals surface area (Å²) in [6.07, 6.45) is 1.26. The summed E-state index contributed by atoms with van der Waals surface area (Å²) in [6, 6.07) is 8.36. The Morgan fingerprint density at radius 1 is 1.24 bits per heavy atom. The highest BCUT2D eigenvalue weighted by Gasteiger charge is 2.21. The fourth-order valence-electron chi connectivity index (χ4n) is 1.88. The van der Waals surface area contributed by atoms with Crippen LogP contribution in [0.5, 0.6) is 0 Å². The molecule has 2 unspecified atom stereocenters. The predicted octanol–water partition coefficient (Wildman–Crippen LogP) is 1.96. The van der Waals surface area contributed by atoms with Crippen molar-refractivity contribution < 1.29 is 14.7 Å². The Bertz CT molecular complexity index is 440. The molecule has 5 nitrogen and oxygen atoms in total. The van der Waals surface area contributed by atoms with E-state index in [-0.39, 0.29) is 18.3 Å². The van der Waals surface area contributed by atoms with E-state index >= 15 is 0 Å². The lowest BCUT2D eigenvalue weighted by molar-refractivity contribution is -0.140. The molecule has 21 heavy (non-hydrogen) atoms. The third-order valence-corrected chi connectivity index (χ3v) is 3.03. The highest BCUT2D eigenvalue weighted by molar-refractivity contribution is 5.85. The molecule has 1 aromatic rings. The second kappa shape index (κ2) is 10.2. The number of amides is 1. The molecule has 0 aliphatic carbocycles. The molecule has 118 valence electrons. The molecule has 0 fully saturated rings. The second-order valence-electron chi connectivity index (χ2n) is 4.77. The molecule has 2 atom stereocenters. The van der Waals surface area contributed by atoms with Gasteiger partial charge in [0.15, 0.2) is 0 Å². The molecule has 0 aromatic heterocycles. The van der Waals surface area contributed by atoms with E-state index in [1.54, 1.807) is 6.92 Å².